The molecule has 0 unspecified atom stereocenters. The van der Waals surface area contributed by atoms with Crippen LogP contribution in [0.2, 0.25) is 0 Å². The number of thiazole rings is 1. The monoisotopic (exact) mass is 453 g/mol. The molecule has 1 heterocycles. The first kappa shape index (κ1) is 22.2. The standard InChI is InChI=1S/C20H18F3N3O4S/c1-28-15-6-4-11(20(21,22)23)8-13(15)25-18(27)14-10-31-19(26-14)24-12-5-7-16(29-2)17(9-12)30-3/h4-10H,1-3H3,(H,24,26)(H,25,27). The number of carbonyl (C=O) groups excluding carboxylic acids is 1. The fraction of sp³-hybridized carbons (Fsp3) is 0.200. The van der Waals surface area contributed by atoms with Gasteiger partial charge in [-0.15, -0.1) is 11.3 Å². The van der Waals surface area contributed by atoms with Gasteiger partial charge >= 0.3 is 6.18 Å². The van der Waals surface area contributed by atoms with Crippen LogP contribution in [0.1, 0.15) is 16.1 Å². The number of anilines is 3. The smallest absolute Gasteiger partial charge is 0.416 e. The molecular formula is C20H18F3N3O4S. The number of rotatable bonds is 7. The van der Waals surface area contributed by atoms with Crippen LogP contribution in [0.4, 0.5) is 29.7 Å². The third-order valence-electron chi connectivity index (χ3n) is 4.15. The van der Waals surface area contributed by atoms with Crippen molar-refractivity contribution in [3.05, 3.63) is 53.0 Å². The van der Waals surface area contributed by atoms with Crippen molar-refractivity contribution in [2.75, 3.05) is 32.0 Å². The second kappa shape index (κ2) is 9.13. The molecule has 0 spiro atoms. The van der Waals surface area contributed by atoms with Crippen molar-refractivity contribution in [1.82, 2.24) is 4.98 Å². The van der Waals surface area contributed by atoms with Gasteiger partial charge in [0.1, 0.15) is 11.4 Å². The number of hydrogen-bond acceptors (Lipinski definition) is 7. The quantitative estimate of drug-likeness (QED) is 0.513. The summed E-state index contributed by atoms with van der Waals surface area (Å²) in [6.07, 6.45) is -4.55. The Balaban J connectivity index is 1.77. The van der Waals surface area contributed by atoms with E-state index < -0.39 is 17.6 Å². The zero-order valence-corrected chi connectivity index (χ0v) is 17.5. The Morgan fingerprint density at radius 2 is 1.65 bits per heavy atom. The van der Waals surface area contributed by atoms with E-state index in [9.17, 15) is 18.0 Å². The molecule has 1 aromatic heterocycles. The molecule has 0 saturated heterocycles. The van der Waals surface area contributed by atoms with E-state index in [4.69, 9.17) is 14.2 Å². The fourth-order valence-electron chi connectivity index (χ4n) is 2.64. The minimum Gasteiger partial charge on any atom is -0.495 e. The predicted molar refractivity (Wildman–Crippen MR) is 111 cm³/mol. The maximum Gasteiger partial charge on any atom is 0.416 e. The van der Waals surface area contributed by atoms with Crippen LogP contribution in [0.15, 0.2) is 41.8 Å². The highest BCUT2D eigenvalue weighted by atomic mass is 32.1. The first-order valence-electron chi connectivity index (χ1n) is 8.76. The zero-order valence-electron chi connectivity index (χ0n) is 16.7. The summed E-state index contributed by atoms with van der Waals surface area (Å²) in [5, 5.41) is 7.35. The molecule has 0 radical (unpaired) electrons. The number of benzene rings is 2. The third kappa shape index (κ3) is 5.18. The molecule has 11 heteroatoms. The molecule has 164 valence electrons. The number of hydrogen-bond donors (Lipinski definition) is 2. The van der Waals surface area contributed by atoms with Crippen LogP contribution in [-0.4, -0.2) is 32.2 Å². The van der Waals surface area contributed by atoms with Gasteiger partial charge in [-0.1, -0.05) is 0 Å². The van der Waals surface area contributed by atoms with Crippen LogP contribution in [0, 0.1) is 0 Å². The summed E-state index contributed by atoms with van der Waals surface area (Å²) >= 11 is 1.16. The van der Waals surface area contributed by atoms with Crippen molar-refractivity contribution in [1.29, 1.82) is 0 Å². The number of alkyl halides is 3. The third-order valence-corrected chi connectivity index (χ3v) is 4.90. The number of nitrogens with zero attached hydrogens (tertiary/aromatic N) is 1. The molecule has 7 nitrogen and oxygen atoms in total. The average Bonchev–Trinajstić information content (AvgIpc) is 3.21. The molecule has 2 aromatic carbocycles. The summed E-state index contributed by atoms with van der Waals surface area (Å²) in [4.78, 5) is 16.7. The van der Waals surface area contributed by atoms with Crippen LogP contribution in [0.5, 0.6) is 17.2 Å². The van der Waals surface area contributed by atoms with Gasteiger partial charge < -0.3 is 24.8 Å². The van der Waals surface area contributed by atoms with E-state index in [0.717, 1.165) is 29.5 Å². The lowest BCUT2D eigenvalue weighted by molar-refractivity contribution is -0.137. The van der Waals surface area contributed by atoms with Gasteiger partial charge in [0.2, 0.25) is 0 Å². The van der Waals surface area contributed by atoms with E-state index in [-0.39, 0.29) is 17.1 Å². The van der Waals surface area contributed by atoms with Crippen LogP contribution in [-0.2, 0) is 6.18 Å². The largest absolute Gasteiger partial charge is 0.495 e. The minimum absolute atomic E-state index is 0.0347. The van der Waals surface area contributed by atoms with E-state index in [1.54, 1.807) is 18.2 Å². The van der Waals surface area contributed by atoms with Gasteiger partial charge in [0.15, 0.2) is 16.6 Å². The number of amides is 1. The molecule has 0 aliphatic carbocycles. The SMILES string of the molecule is COc1ccc(C(F)(F)F)cc1NC(=O)c1csc(Nc2ccc(OC)c(OC)c2)n1. The number of methoxy groups -OCH3 is 3. The molecule has 3 aromatic rings. The normalized spacial score (nSPS) is 11.0. The highest BCUT2D eigenvalue weighted by Gasteiger charge is 2.31. The second-order valence-electron chi connectivity index (χ2n) is 6.10. The summed E-state index contributed by atoms with van der Waals surface area (Å²) in [6.45, 7) is 0. The molecule has 3 rings (SSSR count). The van der Waals surface area contributed by atoms with Gasteiger partial charge in [0, 0.05) is 17.1 Å². The second-order valence-corrected chi connectivity index (χ2v) is 6.96. The molecule has 0 saturated carbocycles. The van der Waals surface area contributed by atoms with Gasteiger partial charge in [0.05, 0.1) is 32.6 Å². The summed E-state index contributed by atoms with van der Waals surface area (Å²) < 4.78 is 54.4. The van der Waals surface area contributed by atoms with Crippen molar-refractivity contribution in [3.8, 4) is 17.2 Å². The molecule has 0 fully saturated rings. The average molecular weight is 453 g/mol. The number of nitrogens with one attached hydrogen (secondary N) is 2. The van der Waals surface area contributed by atoms with E-state index in [1.165, 1.54) is 26.7 Å². The summed E-state index contributed by atoms with van der Waals surface area (Å²) in [5.41, 5.74) is -0.326. The van der Waals surface area contributed by atoms with E-state index in [1.807, 2.05) is 0 Å². The van der Waals surface area contributed by atoms with Crippen molar-refractivity contribution < 1.29 is 32.2 Å². The maximum atomic E-state index is 13.0. The Morgan fingerprint density at radius 1 is 0.968 bits per heavy atom. The summed E-state index contributed by atoms with van der Waals surface area (Å²) in [6, 6.07) is 7.99. The van der Waals surface area contributed by atoms with Gasteiger partial charge in [-0.05, 0) is 30.3 Å². The Labute approximate surface area is 179 Å². The highest BCUT2D eigenvalue weighted by Crippen LogP contribution is 2.35. The van der Waals surface area contributed by atoms with Gasteiger partial charge in [-0.25, -0.2) is 4.98 Å². The van der Waals surface area contributed by atoms with Gasteiger partial charge in [-0.3, -0.25) is 4.79 Å². The van der Waals surface area contributed by atoms with Crippen molar-refractivity contribution in [2.24, 2.45) is 0 Å². The topological polar surface area (TPSA) is 81.7 Å². The molecule has 0 atom stereocenters. The van der Waals surface area contributed by atoms with E-state index in [0.29, 0.717) is 22.3 Å². The minimum atomic E-state index is -4.55. The lowest BCUT2D eigenvalue weighted by Gasteiger charge is -2.13. The molecular weight excluding hydrogens is 435 g/mol. The predicted octanol–water partition coefficient (Wildman–Crippen LogP) is 5.18. The van der Waals surface area contributed by atoms with Crippen LogP contribution >= 0.6 is 11.3 Å². The number of carbonyl (C=O) groups is 1. The Hall–Kier alpha value is -3.47. The lowest BCUT2D eigenvalue weighted by Crippen LogP contribution is -2.14. The summed E-state index contributed by atoms with van der Waals surface area (Å²) in [5.74, 6) is 0.496. The molecule has 2 N–H and O–H groups in total. The lowest BCUT2D eigenvalue weighted by atomic mass is 10.1. The maximum absolute atomic E-state index is 13.0. The first-order valence-corrected chi connectivity index (χ1v) is 9.64. The molecule has 1 amide bonds. The Bertz CT molecular complexity index is 1090. The van der Waals surface area contributed by atoms with Gasteiger partial charge in [-0.2, -0.15) is 13.2 Å². The van der Waals surface area contributed by atoms with E-state index in [2.05, 4.69) is 15.6 Å². The number of aromatic nitrogens is 1. The van der Waals surface area contributed by atoms with Crippen molar-refractivity contribution in [2.45, 2.75) is 6.18 Å². The molecule has 0 bridgehead atoms. The Kier molecular flexibility index (Phi) is 6.54. The van der Waals surface area contributed by atoms with Crippen molar-refractivity contribution >= 4 is 33.8 Å². The zero-order chi connectivity index (χ0) is 22.6. The molecule has 0 aliphatic rings. The van der Waals surface area contributed by atoms with Gasteiger partial charge in [0.25, 0.3) is 5.91 Å². The van der Waals surface area contributed by atoms with E-state index >= 15 is 0 Å². The van der Waals surface area contributed by atoms with Crippen LogP contribution in [0.3, 0.4) is 0 Å². The van der Waals surface area contributed by atoms with Crippen molar-refractivity contribution in [3.63, 3.8) is 0 Å². The summed E-state index contributed by atoms with van der Waals surface area (Å²) in [7, 11) is 4.33. The molecule has 0 aliphatic heterocycles. The number of halogens is 3. The molecule has 31 heavy (non-hydrogen) atoms. The Morgan fingerprint density at radius 3 is 2.29 bits per heavy atom. The number of ether oxygens (including phenoxy) is 3. The fourth-order valence-corrected chi connectivity index (χ4v) is 3.35. The highest BCUT2D eigenvalue weighted by molar-refractivity contribution is 7.14. The first-order chi connectivity index (χ1) is 14.7. The van der Waals surface area contributed by atoms with Crippen LogP contribution < -0.4 is 24.8 Å². The van der Waals surface area contributed by atoms with Crippen LogP contribution in [0.25, 0.3) is 0 Å².